The van der Waals surface area contributed by atoms with Gasteiger partial charge in [0.1, 0.15) is 5.25 Å². The van der Waals surface area contributed by atoms with E-state index in [1.165, 1.54) is 32.1 Å². The summed E-state index contributed by atoms with van der Waals surface area (Å²) >= 11 is 0. The van der Waals surface area contributed by atoms with Crippen LogP contribution in [0.4, 0.5) is 0 Å². The van der Waals surface area contributed by atoms with Crippen molar-refractivity contribution >= 4 is 26.8 Å². The molecule has 0 radical (unpaired) electrons. The second-order valence-corrected chi connectivity index (χ2v) is 11.2. The zero-order valence-corrected chi connectivity index (χ0v) is 17.0. The molecule has 138 valence electrons. The zero-order chi connectivity index (χ0) is 18.1. The summed E-state index contributed by atoms with van der Waals surface area (Å²) in [5, 5.41) is 0.838. The van der Waals surface area contributed by atoms with Gasteiger partial charge in [0.2, 0.25) is 0 Å². The zero-order valence-electron chi connectivity index (χ0n) is 15.4. The molecule has 4 nitrogen and oxygen atoms in total. The lowest BCUT2D eigenvalue weighted by Crippen LogP contribution is -2.34. The van der Waals surface area contributed by atoms with Crippen LogP contribution in [0.1, 0.15) is 72.6 Å². The van der Waals surface area contributed by atoms with Crippen LogP contribution in [0, 0.1) is 5.41 Å². The van der Waals surface area contributed by atoms with Gasteiger partial charge in [-0.25, -0.2) is 8.42 Å². The highest BCUT2D eigenvalue weighted by Crippen LogP contribution is 2.26. The largest absolute Gasteiger partial charge is 0.748 e. The average molecular weight is 367 g/mol. The Bertz CT molecular complexity index is 432. The highest BCUT2D eigenvalue weighted by molar-refractivity contribution is 7.97. The number of rotatable bonds is 6. The lowest BCUT2D eigenvalue weighted by molar-refractivity contribution is -0.123. The minimum atomic E-state index is -3.94. The first-order valence-corrected chi connectivity index (χ1v) is 12.0. The van der Waals surface area contributed by atoms with Gasteiger partial charge in [-0.15, -0.1) is 0 Å². The van der Waals surface area contributed by atoms with E-state index in [0.29, 0.717) is 23.1 Å². The lowest BCUT2D eigenvalue weighted by atomic mass is 9.92. The highest BCUT2D eigenvalue weighted by atomic mass is 32.2. The van der Waals surface area contributed by atoms with Crippen molar-refractivity contribution in [1.82, 2.24) is 0 Å². The smallest absolute Gasteiger partial charge is 0.187 e. The van der Waals surface area contributed by atoms with Gasteiger partial charge in [0, 0.05) is 11.2 Å². The third-order valence-corrected chi connectivity index (χ3v) is 7.18. The van der Waals surface area contributed by atoms with Crippen molar-refractivity contribution in [2.24, 2.45) is 5.41 Å². The molecule has 0 amide bonds. The first-order chi connectivity index (χ1) is 10.5. The minimum absolute atomic E-state index is 0.143. The predicted octanol–water partition coefficient (Wildman–Crippen LogP) is 3.51. The molecule has 0 aromatic rings. The molecule has 0 aromatic carbocycles. The minimum Gasteiger partial charge on any atom is -0.748 e. The van der Waals surface area contributed by atoms with Crippen LogP contribution in [0.3, 0.4) is 0 Å². The fourth-order valence-electron chi connectivity index (χ4n) is 2.33. The number of carbonyl (C=O) groups excluding carboxylic acids is 1. The van der Waals surface area contributed by atoms with Crippen molar-refractivity contribution in [3.63, 3.8) is 0 Å². The van der Waals surface area contributed by atoms with Crippen LogP contribution in [-0.2, 0) is 25.8 Å². The Morgan fingerprint density at radius 2 is 1.70 bits per heavy atom. The molecule has 6 heteroatoms. The van der Waals surface area contributed by atoms with E-state index in [9.17, 15) is 17.8 Å². The van der Waals surface area contributed by atoms with Gasteiger partial charge in [0.05, 0.1) is 16.4 Å². The molecule has 0 aromatic heterocycles. The maximum atomic E-state index is 11.9. The van der Waals surface area contributed by atoms with E-state index in [1.54, 1.807) is 0 Å². The fraction of sp³-hybridized carbons (Fsp3) is 0.941. The van der Waals surface area contributed by atoms with Gasteiger partial charge >= 0.3 is 0 Å². The van der Waals surface area contributed by atoms with Gasteiger partial charge in [-0.05, 0) is 43.0 Å². The van der Waals surface area contributed by atoms with Crippen LogP contribution in [0.5, 0.6) is 0 Å². The molecular weight excluding hydrogens is 332 g/mol. The molecule has 0 saturated heterocycles. The normalized spacial score (nSPS) is 18.0. The Balaban J connectivity index is 0.000000515. The first kappa shape index (κ1) is 22.9. The van der Waals surface area contributed by atoms with E-state index < -0.39 is 10.1 Å². The van der Waals surface area contributed by atoms with Crippen LogP contribution in [0.25, 0.3) is 0 Å². The summed E-state index contributed by atoms with van der Waals surface area (Å²) in [4.78, 5) is 11.9. The molecule has 1 saturated carbocycles. The molecule has 1 fully saturated rings. The van der Waals surface area contributed by atoms with Crippen molar-refractivity contribution in [1.29, 1.82) is 0 Å². The topological polar surface area (TPSA) is 74.3 Å². The summed E-state index contributed by atoms with van der Waals surface area (Å²) in [5.41, 5.74) is -0.143. The summed E-state index contributed by atoms with van der Waals surface area (Å²) < 4.78 is 29.5. The molecule has 1 rings (SSSR count). The number of carbonyl (C=O) groups is 1. The van der Waals surface area contributed by atoms with Crippen molar-refractivity contribution in [2.75, 3.05) is 17.8 Å². The molecule has 0 bridgehead atoms. The maximum absolute atomic E-state index is 11.9. The number of hydrogen-bond acceptors (Lipinski definition) is 4. The monoisotopic (exact) mass is 366 g/mol. The van der Waals surface area contributed by atoms with E-state index in [-0.39, 0.29) is 11.2 Å². The Morgan fingerprint density at radius 1 is 1.17 bits per heavy atom. The van der Waals surface area contributed by atoms with Gasteiger partial charge in [-0.3, -0.25) is 4.79 Å². The summed E-state index contributed by atoms with van der Waals surface area (Å²) in [5.74, 6) is 1.04. The summed E-state index contributed by atoms with van der Waals surface area (Å²) in [6.45, 7) is 7.94. The fourth-order valence-corrected chi connectivity index (χ4v) is 5.19. The molecule has 0 spiro atoms. The number of hydrogen-bond donors (Lipinski definition) is 0. The van der Waals surface area contributed by atoms with Crippen molar-refractivity contribution in [3.05, 3.63) is 0 Å². The predicted molar refractivity (Wildman–Crippen MR) is 99.0 cm³/mol. The molecule has 0 heterocycles. The second kappa shape index (κ2) is 10.7. The first-order valence-electron chi connectivity index (χ1n) is 8.55. The quantitative estimate of drug-likeness (QED) is 0.532. The molecule has 23 heavy (non-hydrogen) atoms. The standard InChI is InChI=1S/C13H25OS.C4H10O3S/c1-13(2,3)12(14)10-15(4)11-8-6-5-7-9-11;1-2-3-4-8(5,6)7/h11H,5-10H2,1-4H3;2-4H2,1H3,(H,5,6,7)/q+1;/p-1. The van der Waals surface area contributed by atoms with Crippen LogP contribution in [0.2, 0.25) is 0 Å². The summed E-state index contributed by atoms with van der Waals surface area (Å²) in [6, 6.07) is 0. The maximum Gasteiger partial charge on any atom is 0.187 e. The van der Waals surface area contributed by atoms with Gasteiger partial charge in [-0.1, -0.05) is 40.5 Å². The third-order valence-electron chi connectivity index (χ3n) is 4.06. The molecule has 1 unspecified atom stereocenters. The number of unbranched alkanes of at least 4 members (excludes halogenated alkanes) is 1. The van der Waals surface area contributed by atoms with Crippen LogP contribution in [0.15, 0.2) is 0 Å². The van der Waals surface area contributed by atoms with E-state index in [4.69, 9.17) is 0 Å². The summed E-state index contributed by atoms with van der Waals surface area (Å²) in [6.07, 6.45) is 10.4. The Labute approximate surface area is 145 Å². The third kappa shape index (κ3) is 12.0. The van der Waals surface area contributed by atoms with E-state index in [0.717, 1.165) is 17.4 Å². The van der Waals surface area contributed by atoms with E-state index in [2.05, 4.69) is 6.26 Å². The average Bonchev–Trinajstić information content (AvgIpc) is 2.45. The van der Waals surface area contributed by atoms with E-state index in [1.807, 2.05) is 27.7 Å². The highest BCUT2D eigenvalue weighted by Gasteiger charge is 2.33. The second-order valence-electron chi connectivity index (χ2n) is 7.38. The molecule has 1 atom stereocenters. The summed E-state index contributed by atoms with van der Waals surface area (Å²) in [7, 11) is -3.62. The van der Waals surface area contributed by atoms with Gasteiger partial charge in [-0.2, -0.15) is 0 Å². The van der Waals surface area contributed by atoms with Gasteiger partial charge in [0.25, 0.3) is 0 Å². The molecule has 1 aliphatic rings. The van der Waals surface area contributed by atoms with Gasteiger partial charge in [0.15, 0.2) is 11.5 Å². The Kier molecular flexibility index (Phi) is 10.7. The molecule has 0 aliphatic heterocycles. The van der Waals surface area contributed by atoms with Crippen molar-refractivity contribution in [3.8, 4) is 0 Å². The van der Waals surface area contributed by atoms with E-state index >= 15 is 0 Å². The SMILES string of the molecule is CCCCS(=O)(=O)[O-].C[S+](CC(=O)C(C)(C)C)C1CCCCC1. The van der Waals surface area contributed by atoms with Crippen LogP contribution >= 0.6 is 0 Å². The molecule has 0 N–H and O–H groups in total. The van der Waals surface area contributed by atoms with Crippen molar-refractivity contribution in [2.45, 2.75) is 77.9 Å². The number of ketones is 1. The van der Waals surface area contributed by atoms with Crippen LogP contribution in [-0.4, -0.2) is 41.8 Å². The number of Topliss-reactive ketones (excluding diaryl/α,β-unsaturated/α-hetero) is 1. The Hall–Kier alpha value is -0.0700. The van der Waals surface area contributed by atoms with Gasteiger partial charge < -0.3 is 4.55 Å². The van der Waals surface area contributed by atoms with Crippen LogP contribution < -0.4 is 0 Å². The molecule has 1 aliphatic carbocycles. The Morgan fingerprint density at radius 3 is 2.04 bits per heavy atom. The molecular formula is C17H34O4S2. The lowest BCUT2D eigenvalue weighted by Gasteiger charge is -2.22. The van der Waals surface area contributed by atoms with Crippen molar-refractivity contribution < 1.29 is 17.8 Å².